The van der Waals surface area contributed by atoms with Crippen molar-refractivity contribution in [2.45, 2.75) is 69.4 Å². The Morgan fingerprint density at radius 3 is 2.19 bits per heavy atom. The molecule has 0 bridgehead atoms. The number of aliphatic carboxylic acids is 1. The zero-order chi connectivity index (χ0) is 27.9. The Hall–Kier alpha value is -1.45. The molecule has 2 aliphatic rings. The monoisotopic (exact) mass is 563 g/mol. The van der Waals surface area contributed by atoms with Gasteiger partial charge in [-0.1, -0.05) is 6.92 Å². The first kappa shape index (κ1) is 30.8. The zero-order valence-corrected chi connectivity index (χ0v) is 21.3. The lowest BCUT2D eigenvalue weighted by Crippen LogP contribution is -2.70. The molecule has 18 heteroatoms. The molecule has 3 unspecified atom stereocenters. The van der Waals surface area contributed by atoms with E-state index < -0.39 is 99.3 Å². The third-order valence-electron chi connectivity index (χ3n) is 6.17. The van der Waals surface area contributed by atoms with Gasteiger partial charge in [0.1, 0.15) is 12.2 Å². The minimum absolute atomic E-state index is 0.551. The summed E-state index contributed by atoms with van der Waals surface area (Å²) in [6.45, 7) is 3.25. The summed E-state index contributed by atoms with van der Waals surface area (Å²) < 4.78 is 90.2. The second-order valence-corrected chi connectivity index (χ2v) is 11.7. The van der Waals surface area contributed by atoms with Gasteiger partial charge in [0.2, 0.25) is 16.2 Å². The Balaban J connectivity index is 2.33. The number of aliphatic hydroxyl groups is 3. The number of carboxylic acid groups (broad SMARTS) is 1. The van der Waals surface area contributed by atoms with E-state index in [1.807, 2.05) is 0 Å². The molecule has 2 heterocycles. The molecule has 7 atom stereocenters. The number of carboxylic acids is 1. The summed E-state index contributed by atoms with van der Waals surface area (Å²) in [6.07, 6.45) is -6.05. The summed E-state index contributed by atoms with van der Waals surface area (Å²) in [5, 5.41) is 40.3. The number of hydrogen-bond donors (Lipinski definition) is 5. The topological polar surface area (TPSA) is 261 Å². The van der Waals surface area contributed by atoms with Crippen LogP contribution in [0.3, 0.4) is 0 Å². The van der Waals surface area contributed by atoms with Gasteiger partial charge in [-0.3, -0.25) is 4.18 Å². The standard InChI is InChI=1S/C18H31NO15S2/c1-16(2)12(19-35(25,26)27)13(22)17(3,11(6-20)33-16)7-31-8-18(4)14(34-36(28,29)30)9(21)5-10(32-18)15(23)24/h5,9,11-14,19-22H,6-8H2,1-4H3,(H,23,24)(H,25,26,27)(H,28,29,30)/p-2/t9-,11?,12?,13+,14?,17+,18+/m0/s1. The van der Waals surface area contributed by atoms with Crippen LogP contribution in [0, 0.1) is 5.41 Å². The van der Waals surface area contributed by atoms with Gasteiger partial charge in [0, 0.05) is 5.41 Å². The molecule has 0 aromatic carbocycles. The largest absolute Gasteiger partial charge is 0.735 e. The second kappa shape index (κ2) is 10.4. The highest BCUT2D eigenvalue weighted by Crippen LogP contribution is 2.42. The van der Waals surface area contributed by atoms with E-state index in [1.165, 1.54) is 20.8 Å². The number of hydrogen-bond acceptors (Lipinski definition) is 14. The Kier molecular flexibility index (Phi) is 8.86. The quantitative estimate of drug-likeness (QED) is 0.130. The predicted octanol–water partition coefficient (Wildman–Crippen LogP) is -3.08. The number of ether oxygens (including phenoxy) is 3. The van der Waals surface area contributed by atoms with Gasteiger partial charge in [0.25, 0.3) is 0 Å². The molecular formula is C18H29NO15S2-2. The van der Waals surface area contributed by atoms with E-state index in [-0.39, 0.29) is 0 Å². The molecule has 1 fully saturated rings. The third kappa shape index (κ3) is 6.90. The molecule has 1 saturated heterocycles. The highest BCUT2D eigenvalue weighted by atomic mass is 32.3. The second-order valence-electron chi connectivity index (χ2n) is 9.55. The molecule has 5 N–H and O–H groups in total. The fourth-order valence-corrected chi connectivity index (χ4v) is 5.54. The lowest BCUT2D eigenvalue weighted by Gasteiger charge is -2.54. The molecule has 36 heavy (non-hydrogen) atoms. The molecule has 0 aromatic rings. The van der Waals surface area contributed by atoms with Gasteiger partial charge in [-0.25, -0.2) is 26.4 Å². The molecule has 0 aromatic heterocycles. The van der Waals surface area contributed by atoms with E-state index in [0.29, 0.717) is 6.08 Å². The van der Waals surface area contributed by atoms with Crippen LogP contribution < -0.4 is 4.72 Å². The summed E-state index contributed by atoms with van der Waals surface area (Å²) in [7, 11) is -10.4. The van der Waals surface area contributed by atoms with Crippen LogP contribution in [0.15, 0.2) is 11.8 Å². The van der Waals surface area contributed by atoms with E-state index in [2.05, 4.69) is 4.18 Å². The predicted molar refractivity (Wildman–Crippen MR) is 113 cm³/mol. The highest BCUT2D eigenvalue weighted by molar-refractivity contribution is 7.83. The lowest BCUT2D eigenvalue weighted by atomic mass is 9.70. The lowest BCUT2D eigenvalue weighted by molar-refractivity contribution is -0.255. The van der Waals surface area contributed by atoms with Crippen LogP contribution in [0.2, 0.25) is 0 Å². The maximum absolute atomic E-state index is 11.4. The van der Waals surface area contributed by atoms with E-state index >= 15 is 0 Å². The van der Waals surface area contributed by atoms with Crippen molar-refractivity contribution in [3.8, 4) is 0 Å². The van der Waals surface area contributed by atoms with Crippen LogP contribution in [-0.4, -0.2) is 114 Å². The molecule has 2 aliphatic heterocycles. The number of aliphatic hydroxyl groups excluding tert-OH is 3. The van der Waals surface area contributed by atoms with Gasteiger partial charge in [-0.15, -0.1) is 0 Å². The van der Waals surface area contributed by atoms with Crippen molar-refractivity contribution in [2.24, 2.45) is 5.41 Å². The first-order valence-electron chi connectivity index (χ1n) is 10.4. The maximum Gasteiger partial charge on any atom is 0.370 e. The van der Waals surface area contributed by atoms with E-state index in [4.69, 9.17) is 14.2 Å². The Labute approximate surface area is 207 Å². The van der Waals surface area contributed by atoms with E-state index in [9.17, 15) is 51.2 Å². The average molecular weight is 564 g/mol. The van der Waals surface area contributed by atoms with Gasteiger partial charge < -0.3 is 43.7 Å². The van der Waals surface area contributed by atoms with Crippen LogP contribution in [0.5, 0.6) is 0 Å². The first-order valence-corrected chi connectivity index (χ1v) is 13.1. The molecule has 210 valence electrons. The Bertz CT molecular complexity index is 1070. The minimum atomic E-state index is -5.39. The highest BCUT2D eigenvalue weighted by Gasteiger charge is 2.57. The van der Waals surface area contributed by atoms with Crippen molar-refractivity contribution in [1.82, 2.24) is 4.72 Å². The van der Waals surface area contributed by atoms with Crippen LogP contribution >= 0.6 is 0 Å². The van der Waals surface area contributed by atoms with E-state index in [0.717, 1.165) is 6.92 Å². The molecule has 16 nitrogen and oxygen atoms in total. The van der Waals surface area contributed by atoms with Crippen molar-refractivity contribution in [2.75, 3.05) is 19.8 Å². The van der Waals surface area contributed by atoms with Crippen molar-refractivity contribution in [3.05, 3.63) is 11.8 Å². The molecular weight excluding hydrogens is 534 g/mol. The fraction of sp³-hybridized carbons (Fsp3) is 0.833. The molecule has 0 spiro atoms. The molecule has 0 saturated carbocycles. The zero-order valence-electron chi connectivity index (χ0n) is 19.7. The normalized spacial score (nSPS) is 37.1. The van der Waals surface area contributed by atoms with Gasteiger partial charge in [-0.2, -0.15) is 0 Å². The number of rotatable bonds is 10. The number of carbonyl (C=O) groups is 1. The van der Waals surface area contributed by atoms with E-state index in [1.54, 1.807) is 4.72 Å². The average Bonchev–Trinajstić information content (AvgIpc) is 2.69. The molecule has 0 amide bonds. The van der Waals surface area contributed by atoms with Crippen LogP contribution in [0.4, 0.5) is 0 Å². The van der Waals surface area contributed by atoms with Gasteiger partial charge >= 0.3 is 5.97 Å². The third-order valence-corrected chi connectivity index (χ3v) is 7.16. The molecule has 0 aliphatic carbocycles. The van der Waals surface area contributed by atoms with Crippen molar-refractivity contribution in [1.29, 1.82) is 0 Å². The smallest absolute Gasteiger partial charge is 0.370 e. The summed E-state index contributed by atoms with van der Waals surface area (Å²) >= 11 is 0. The maximum atomic E-state index is 11.4. The van der Waals surface area contributed by atoms with Crippen molar-refractivity contribution < 1.29 is 69.6 Å². The Morgan fingerprint density at radius 2 is 1.72 bits per heavy atom. The van der Waals surface area contributed by atoms with Gasteiger partial charge in [-0.05, 0) is 26.8 Å². The van der Waals surface area contributed by atoms with Crippen molar-refractivity contribution >= 4 is 26.7 Å². The van der Waals surface area contributed by atoms with Crippen LogP contribution in [-0.2, 0) is 43.9 Å². The Morgan fingerprint density at radius 1 is 1.14 bits per heavy atom. The van der Waals surface area contributed by atoms with Gasteiger partial charge in [0.05, 0.1) is 43.7 Å². The molecule has 0 radical (unpaired) electrons. The van der Waals surface area contributed by atoms with Crippen molar-refractivity contribution in [3.63, 3.8) is 0 Å². The van der Waals surface area contributed by atoms with Crippen LogP contribution in [0.25, 0.3) is 0 Å². The molecule has 2 rings (SSSR count). The van der Waals surface area contributed by atoms with Crippen LogP contribution in [0.1, 0.15) is 27.7 Å². The minimum Gasteiger partial charge on any atom is -0.735 e. The summed E-state index contributed by atoms with van der Waals surface area (Å²) in [5.74, 6) is -2.41. The number of nitrogens with one attached hydrogen (secondary N) is 1. The summed E-state index contributed by atoms with van der Waals surface area (Å²) in [5.41, 5.74) is -5.11. The summed E-state index contributed by atoms with van der Waals surface area (Å²) in [4.78, 5) is 11.4. The fourth-order valence-electron chi connectivity index (χ4n) is 4.24. The summed E-state index contributed by atoms with van der Waals surface area (Å²) in [6, 6.07) is -1.48. The van der Waals surface area contributed by atoms with Gasteiger partial charge in [0.15, 0.2) is 15.9 Å². The SMILES string of the molecule is CC1(C)OC(CO)[C@@](C)(COC[C@@]2(C)OC(C(=O)O)=C[C@H](O)C2OS(=O)(=O)[O-])[C@H](O)C1NS(=O)(=O)[O-]. The first-order chi connectivity index (χ1) is 16.2.